The predicted octanol–water partition coefficient (Wildman–Crippen LogP) is 2.85. The van der Waals surface area contributed by atoms with Crippen molar-refractivity contribution >= 4 is 23.3 Å². The summed E-state index contributed by atoms with van der Waals surface area (Å²) < 4.78 is 23.4. The lowest BCUT2D eigenvalue weighted by Gasteiger charge is -2.09. The minimum absolute atomic E-state index is 0.109. The van der Waals surface area contributed by atoms with E-state index in [9.17, 15) is 24.1 Å². The molecule has 8 nitrogen and oxygen atoms in total. The lowest BCUT2D eigenvalue weighted by Crippen LogP contribution is -2.21. The smallest absolute Gasteiger partial charge is 0.341 e. The third kappa shape index (κ3) is 4.53. The number of ether oxygens (including phenoxy) is 2. The number of anilines is 1. The van der Waals surface area contributed by atoms with Gasteiger partial charge in [-0.2, -0.15) is 0 Å². The van der Waals surface area contributed by atoms with Crippen LogP contribution in [0.3, 0.4) is 0 Å². The van der Waals surface area contributed by atoms with Crippen molar-refractivity contribution in [2.24, 2.45) is 0 Å². The number of hydrogen-bond donors (Lipinski definition) is 1. The van der Waals surface area contributed by atoms with Crippen LogP contribution in [0.1, 0.15) is 15.9 Å². The van der Waals surface area contributed by atoms with Crippen LogP contribution in [0, 0.1) is 22.9 Å². The molecule has 0 fully saturated rings. The number of esters is 1. The molecule has 9 heteroatoms. The van der Waals surface area contributed by atoms with Gasteiger partial charge in [-0.1, -0.05) is 0 Å². The van der Waals surface area contributed by atoms with Crippen molar-refractivity contribution in [3.05, 3.63) is 63.5 Å². The Morgan fingerprint density at radius 2 is 1.96 bits per heavy atom. The molecule has 0 aliphatic carbocycles. The number of benzene rings is 2. The summed E-state index contributed by atoms with van der Waals surface area (Å²) in [5.74, 6) is -2.25. The quantitative estimate of drug-likeness (QED) is 0.481. The molecule has 0 aliphatic rings. The van der Waals surface area contributed by atoms with Crippen LogP contribution in [0.4, 0.5) is 15.8 Å². The van der Waals surface area contributed by atoms with E-state index in [1.807, 2.05) is 0 Å². The summed E-state index contributed by atoms with van der Waals surface area (Å²) in [7, 11) is 1.36. The standard InChI is InChI=1S/C17H15FN2O6/c1-10-7-11(20(23)24)3-6-15(10)19-16(21)9-26-17(22)13-5-4-12(25-2)8-14(13)18/h3-8H,9H2,1-2H3,(H,19,21). The van der Waals surface area contributed by atoms with Crippen LogP contribution in [0.5, 0.6) is 5.75 Å². The summed E-state index contributed by atoms with van der Waals surface area (Å²) in [5, 5.41) is 13.2. The fraction of sp³-hybridized carbons (Fsp3) is 0.176. The van der Waals surface area contributed by atoms with Crippen molar-refractivity contribution in [1.29, 1.82) is 0 Å². The molecule has 2 aromatic carbocycles. The van der Waals surface area contributed by atoms with Crippen LogP contribution in [0.15, 0.2) is 36.4 Å². The summed E-state index contributed by atoms with van der Waals surface area (Å²) in [6.07, 6.45) is 0. The first-order chi connectivity index (χ1) is 12.3. The fourth-order valence-corrected chi connectivity index (χ4v) is 2.09. The zero-order valence-corrected chi connectivity index (χ0v) is 13.9. The number of aryl methyl sites for hydroxylation is 1. The Kier molecular flexibility index (Phi) is 5.84. The maximum Gasteiger partial charge on any atom is 0.341 e. The zero-order chi connectivity index (χ0) is 19.3. The highest BCUT2D eigenvalue weighted by atomic mass is 19.1. The second-order valence-corrected chi connectivity index (χ2v) is 5.23. The van der Waals surface area contributed by atoms with E-state index in [0.717, 1.165) is 6.07 Å². The number of methoxy groups -OCH3 is 1. The second kappa shape index (κ2) is 8.06. The molecule has 2 rings (SSSR count). The Morgan fingerprint density at radius 1 is 1.23 bits per heavy atom. The van der Waals surface area contributed by atoms with Gasteiger partial charge in [0.2, 0.25) is 0 Å². The molecule has 26 heavy (non-hydrogen) atoms. The van der Waals surface area contributed by atoms with Crippen LogP contribution in [-0.2, 0) is 9.53 Å². The lowest BCUT2D eigenvalue weighted by molar-refractivity contribution is -0.384. The molecule has 0 saturated heterocycles. The van der Waals surface area contributed by atoms with Crippen molar-refractivity contribution in [2.45, 2.75) is 6.92 Å². The highest BCUT2D eigenvalue weighted by Crippen LogP contribution is 2.21. The van der Waals surface area contributed by atoms with E-state index in [-0.39, 0.29) is 17.0 Å². The van der Waals surface area contributed by atoms with Crippen molar-refractivity contribution in [2.75, 3.05) is 19.0 Å². The van der Waals surface area contributed by atoms with Gasteiger partial charge in [0.05, 0.1) is 17.6 Å². The average molecular weight is 362 g/mol. The van der Waals surface area contributed by atoms with Crippen LogP contribution >= 0.6 is 0 Å². The van der Waals surface area contributed by atoms with Crippen LogP contribution < -0.4 is 10.1 Å². The van der Waals surface area contributed by atoms with E-state index in [4.69, 9.17) is 9.47 Å². The highest BCUT2D eigenvalue weighted by molar-refractivity contribution is 5.96. The number of nitro benzene ring substituents is 1. The molecule has 1 N–H and O–H groups in total. The minimum Gasteiger partial charge on any atom is -0.497 e. The highest BCUT2D eigenvalue weighted by Gasteiger charge is 2.16. The molecular weight excluding hydrogens is 347 g/mol. The number of carbonyl (C=O) groups excluding carboxylic acids is 2. The minimum atomic E-state index is -0.999. The summed E-state index contributed by atoms with van der Waals surface area (Å²) in [6.45, 7) is 0.947. The number of amides is 1. The van der Waals surface area contributed by atoms with Gasteiger partial charge in [-0.3, -0.25) is 14.9 Å². The van der Waals surface area contributed by atoms with Gasteiger partial charge in [-0.15, -0.1) is 0 Å². The van der Waals surface area contributed by atoms with Crippen LogP contribution in [0.2, 0.25) is 0 Å². The number of carbonyl (C=O) groups is 2. The van der Waals surface area contributed by atoms with Gasteiger partial charge in [0.15, 0.2) is 6.61 Å². The van der Waals surface area contributed by atoms with E-state index in [0.29, 0.717) is 11.3 Å². The fourth-order valence-electron chi connectivity index (χ4n) is 2.09. The van der Waals surface area contributed by atoms with Gasteiger partial charge in [-0.25, -0.2) is 9.18 Å². The number of non-ortho nitro benzene ring substituents is 1. The Hall–Kier alpha value is -3.49. The van der Waals surface area contributed by atoms with Crippen molar-refractivity contribution in [3.63, 3.8) is 0 Å². The maximum atomic E-state index is 13.8. The maximum absolute atomic E-state index is 13.8. The summed E-state index contributed by atoms with van der Waals surface area (Å²) in [5.41, 5.74) is 0.374. The molecule has 0 saturated carbocycles. The van der Waals surface area contributed by atoms with Crippen molar-refractivity contribution in [1.82, 2.24) is 0 Å². The van der Waals surface area contributed by atoms with Gasteiger partial charge in [0.1, 0.15) is 11.6 Å². The Morgan fingerprint density at radius 3 is 2.54 bits per heavy atom. The molecule has 0 atom stereocenters. The number of nitrogens with zero attached hydrogens (tertiary/aromatic N) is 1. The molecule has 136 valence electrons. The van der Waals surface area contributed by atoms with Crippen LogP contribution in [-0.4, -0.2) is 30.5 Å². The largest absolute Gasteiger partial charge is 0.497 e. The molecule has 0 spiro atoms. The van der Waals surface area contributed by atoms with Crippen LogP contribution in [0.25, 0.3) is 0 Å². The van der Waals surface area contributed by atoms with Gasteiger partial charge in [0, 0.05) is 23.9 Å². The SMILES string of the molecule is COc1ccc(C(=O)OCC(=O)Nc2ccc([N+](=O)[O-])cc2C)c(F)c1. The number of rotatable bonds is 6. The summed E-state index contributed by atoms with van der Waals surface area (Å²) in [4.78, 5) is 33.9. The molecule has 0 bridgehead atoms. The molecule has 1 amide bonds. The monoisotopic (exact) mass is 362 g/mol. The molecule has 0 aromatic heterocycles. The van der Waals surface area contributed by atoms with E-state index in [1.54, 1.807) is 6.92 Å². The van der Waals surface area contributed by atoms with Crippen molar-refractivity contribution < 1.29 is 28.4 Å². The number of hydrogen-bond acceptors (Lipinski definition) is 6. The third-order valence-electron chi connectivity index (χ3n) is 3.43. The van der Waals surface area contributed by atoms with E-state index < -0.39 is 29.2 Å². The van der Waals surface area contributed by atoms with Gasteiger partial charge < -0.3 is 14.8 Å². The molecule has 0 heterocycles. The number of nitrogens with one attached hydrogen (secondary N) is 1. The summed E-state index contributed by atoms with van der Waals surface area (Å²) in [6, 6.07) is 7.51. The van der Waals surface area contributed by atoms with Gasteiger partial charge in [0.25, 0.3) is 11.6 Å². The topological polar surface area (TPSA) is 108 Å². The first-order valence-electron chi connectivity index (χ1n) is 7.37. The van der Waals surface area contributed by atoms with Gasteiger partial charge >= 0.3 is 5.97 Å². The molecule has 2 aromatic rings. The predicted molar refractivity (Wildman–Crippen MR) is 89.7 cm³/mol. The first-order valence-corrected chi connectivity index (χ1v) is 7.37. The lowest BCUT2D eigenvalue weighted by atomic mass is 10.2. The van der Waals surface area contributed by atoms with Gasteiger partial charge in [-0.05, 0) is 30.7 Å². The normalized spacial score (nSPS) is 10.1. The summed E-state index contributed by atoms with van der Waals surface area (Å²) >= 11 is 0. The van der Waals surface area contributed by atoms with Crippen molar-refractivity contribution in [3.8, 4) is 5.75 Å². The average Bonchev–Trinajstić information content (AvgIpc) is 2.61. The van der Waals surface area contributed by atoms with E-state index >= 15 is 0 Å². The molecule has 0 radical (unpaired) electrons. The molecule has 0 unspecified atom stereocenters. The number of nitro groups is 1. The second-order valence-electron chi connectivity index (χ2n) is 5.23. The molecular formula is C17H15FN2O6. The van der Waals surface area contributed by atoms with E-state index in [2.05, 4.69) is 5.32 Å². The molecule has 0 aliphatic heterocycles. The number of halogens is 1. The Bertz CT molecular complexity index is 868. The zero-order valence-electron chi connectivity index (χ0n) is 13.9. The Labute approximate surface area is 147 Å². The van der Waals surface area contributed by atoms with E-state index in [1.165, 1.54) is 37.4 Å². The Balaban J connectivity index is 1.96. The first kappa shape index (κ1) is 18.8. The third-order valence-corrected chi connectivity index (χ3v) is 3.43.